The molecule has 3 atom stereocenters. The smallest absolute Gasteiger partial charge is 0.168 e. The molecule has 0 spiro atoms. The number of ether oxygens (including phenoxy) is 1. The van der Waals surface area contributed by atoms with Crippen molar-refractivity contribution in [3.8, 4) is 5.75 Å². The Labute approximate surface area is 102 Å². The SMILES string of the molecule is COc1cccc(C2CC(C)CCC2N)c1F. The van der Waals surface area contributed by atoms with Gasteiger partial charge < -0.3 is 10.5 Å². The minimum Gasteiger partial charge on any atom is -0.494 e. The molecule has 2 rings (SSSR count). The average Bonchev–Trinajstić information content (AvgIpc) is 2.33. The summed E-state index contributed by atoms with van der Waals surface area (Å²) in [5.74, 6) is 0.803. The molecule has 0 aromatic heterocycles. The molecular formula is C14H20FNO. The van der Waals surface area contributed by atoms with Crippen LogP contribution in [0.4, 0.5) is 4.39 Å². The zero-order valence-electron chi connectivity index (χ0n) is 10.4. The summed E-state index contributed by atoms with van der Waals surface area (Å²) in [6.45, 7) is 2.21. The van der Waals surface area contributed by atoms with E-state index in [0.29, 0.717) is 17.2 Å². The summed E-state index contributed by atoms with van der Waals surface area (Å²) < 4.78 is 19.2. The van der Waals surface area contributed by atoms with Gasteiger partial charge in [0.1, 0.15) is 0 Å². The molecule has 1 aromatic rings. The Morgan fingerprint density at radius 2 is 2.12 bits per heavy atom. The van der Waals surface area contributed by atoms with Gasteiger partial charge in [0.2, 0.25) is 0 Å². The molecule has 3 unspecified atom stereocenters. The fourth-order valence-electron chi connectivity index (χ4n) is 2.73. The fourth-order valence-corrected chi connectivity index (χ4v) is 2.73. The Kier molecular flexibility index (Phi) is 3.67. The Morgan fingerprint density at radius 1 is 1.35 bits per heavy atom. The first-order valence-corrected chi connectivity index (χ1v) is 6.21. The number of halogens is 1. The highest BCUT2D eigenvalue weighted by molar-refractivity contribution is 5.34. The lowest BCUT2D eigenvalue weighted by Gasteiger charge is -2.33. The number of nitrogens with two attached hydrogens (primary N) is 1. The maximum Gasteiger partial charge on any atom is 0.168 e. The van der Waals surface area contributed by atoms with Crippen molar-refractivity contribution in [2.24, 2.45) is 11.7 Å². The lowest BCUT2D eigenvalue weighted by atomic mass is 9.75. The predicted molar refractivity (Wildman–Crippen MR) is 66.7 cm³/mol. The molecule has 1 fully saturated rings. The van der Waals surface area contributed by atoms with Crippen molar-refractivity contribution in [2.75, 3.05) is 7.11 Å². The van der Waals surface area contributed by atoms with E-state index in [1.807, 2.05) is 12.1 Å². The van der Waals surface area contributed by atoms with Crippen LogP contribution in [0.3, 0.4) is 0 Å². The Balaban J connectivity index is 2.32. The topological polar surface area (TPSA) is 35.2 Å². The highest BCUT2D eigenvalue weighted by Gasteiger charge is 2.29. The van der Waals surface area contributed by atoms with Crippen LogP contribution in [0.2, 0.25) is 0 Å². The fraction of sp³-hybridized carbons (Fsp3) is 0.571. The highest BCUT2D eigenvalue weighted by atomic mass is 19.1. The second-order valence-electron chi connectivity index (χ2n) is 5.05. The van der Waals surface area contributed by atoms with Gasteiger partial charge in [-0.25, -0.2) is 4.39 Å². The predicted octanol–water partition coefficient (Wildman–Crippen LogP) is 3.07. The highest BCUT2D eigenvalue weighted by Crippen LogP contribution is 2.38. The van der Waals surface area contributed by atoms with E-state index >= 15 is 0 Å². The first-order valence-electron chi connectivity index (χ1n) is 6.21. The molecule has 0 radical (unpaired) electrons. The van der Waals surface area contributed by atoms with Gasteiger partial charge in [0, 0.05) is 12.0 Å². The summed E-state index contributed by atoms with van der Waals surface area (Å²) in [7, 11) is 1.49. The molecule has 0 saturated heterocycles. The van der Waals surface area contributed by atoms with Gasteiger partial charge in [-0.2, -0.15) is 0 Å². The van der Waals surface area contributed by atoms with Crippen molar-refractivity contribution in [3.05, 3.63) is 29.6 Å². The first-order chi connectivity index (χ1) is 8.13. The van der Waals surface area contributed by atoms with Gasteiger partial charge in [-0.05, 0) is 36.8 Å². The van der Waals surface area contributed by atoms with Gasteiger partial charge in [0.05, 0.1) is 7.11 Å². The van der Waals surface area contributed by atoms with E-state index in [-0.39, 0.29) is 17.8 Å². The van der Waals surface area contributed by atoms with Crippen LogP contribution in [0.5, 0.6) is 5.75 Å². The van der Waals surface area contributed by atoms with Crippen molar-refractivity contribution < 1.29 is 9.13 Å². The minimum atomic E-state index is -0.246. The number of hydrogen-bond donors (Lipinski definition) is 1. The Bertz CT molecular complexity index is 394. The van der Waals surface area contributed by atoms with Crippen LogP contribution in [0.15, 0.2) is 18.2 Å². The lowest BCUT2D eigenvalue weighted by Crippen LogP contribution is -2.34. The van der Waals surface area contributed by atoms with Gasteiger partial charge in [0.25, 0.3) is 0 Å². The van der Waals surface area contributed by atoms with Crippen LogP contribution in [0.1, 0.15) is 37.7 Å². The van der Waals surface area contributed by atoms with Crippen LogP contribution in [-0.2, 0) is 0 Å². The molecule has 0 amide bonds. The maximum absolute atomic E-state index is 14.2. The largest absolute Gasteiger partial charge is 0.494 e. The number of methoxy groups -OCH3 is 1. The molecule has 17 heavy (non-hydrogen) atoms. The molecule has 1 aliphatic carbocycles. The maximum atomic E-state index is 14.2. The van der Waals surface area contributed by atoms with Crippen molar-refractivity contribution in [2.45, 2.75) is 38.1 Å². The van der Waals surface area contributed by atoms with Crippen LogP contribution in [0.25, 0.3) is 0 Å². The van der Waals surface area contributed by atoms with E-state index in [9.17, 15) is 4.39 Å². The minimum absolute atomic E-state index is 0.0628. The van der Waals surface area contributed by atoms with Gasteiger partial charge in [-0.15, -0.1) is 0 Å². The van der Waals surface area contributed by atoms with Gasteiger partial charge in [-0.1, -0.05) is 19.1 Å². The third kappa shape index (κ3) is 2.44. The van der Waals surface area contributed by atoms with Crippen molar-refractivity contribution in [1.82, 2.24) is 0 Å². The summed E-state index contributed by atoms with van der Waals surface area (Å²) in [6, 6.07) is 5.38. The third-order valence-electron chi connectivity index (χ3n) is 3.78. The molecule has 94 valence electrons. The molecular weight excluding hydrogens is 217 g/mol. The summed E-state index contributed by atoms with van der Waals surface area (Å²) in [6.07, 6.45) is 3.08. The van der Waals surface area contributed by atoms with Crippen LogP contribution >= 0.6 is 0 Å². The van der Waals surface area contributed by atoms with E-state index in [1.54, 1.807) is 6.07 Å². The molecule has 1 saturated carbocycles. The second kappa shape index (κ2) is 5.05. The number of benzene rings is 1. The van der Waals surface area contributed by atoms with Crippen molar-refractivity contribution in [1.29, 1.82) is 0 Å². The standard InChI is InChI=1S/C14H20FNO/c1-9-6-7-12(16)11(8-9)10-4-3-5-13(17-2)14(10)15/h3-5,9,11-12H,6-8,16H2,1-2H3. The van der Waals surface area contributed by atoms with E-state index in [1.165, 1.54) is 7.11 Å². The zero-order valence-corrected chi connectivity index (χ0v) is 10.4. The zero-order chi connectivity index (χ0) is 12.4. The average molecular weight is 237 g/mol. The van der Waals surface area contributed by atoms with Crippen LogP contribution < -0.4 is 10.5 Å². The summed E-state index contributed by atoms with van der Waals surface area (Å²) in [5, 5.41) is 0. The third-order valence-corrected chi connectivity index (χ3v) is 3.78. The molecule has 0 heterocycles. The van der Waals surface area contributed by atoms with Crippen LogP contribution in [0, 0.1) is 11.7 Å². The summed E-state index contributed by atoms with van der Waals surface area (Å²) >= 11 is 0. The molecule has 0 aliphatic heterocycles. The molecule has 0 bridgehead atoms. The number of hydrogen-bond acceptors (Lipinski definition) is 2. The Hall–Kier alpha value is -1.09. The monoisotopic (exact) mass is 237 g/mol. The molecule has 1 aliphatic rings. The molecule has 2 N–H and O–H groups in total. The second-order valence-corrected chi connectivity index (χ2v) is 5.05. The van der Waals surface area contributed by atoms with Gasteiger partial charge in [-0.3, -0.25) is 0 Å². The van der Waals surface area contributed by atoms with Crippen molar-refractivity contribution in [3.63, 3.8) is 0 Å². The molecule has 2 nitrogen and oxygen atoms in total. The first kappa shape index (κ1) is 12.4. The van der Waals surface area contributed by atoms with E-state index in [2.05, 4.69) is 6.92 Å². The quantitative estimate of drug-likeness (QED) is 0.858. The van der Waals surface area contributed by atoms with E-state index in [4.69, 9.17) is 10.5 Å². The van der Waals surface area contributed by atoms with E-state index < -0.39 is 0 Å². The summed E-state index contributed by atoms with van der Waals surface area (Å²) in [4.78, 5) is 0. The van der Waals surface area contributed by atoms with E-state index in [0.717, 1.165) is 19.3 Å². The Morgan fingerprint density at radius 3 is 2.82 bits per heavy atom. The van der Waals surface area contributed by atoms with Crippen molar-refractivity contribution >= 4 is 0 Å². The normalized spacial score (nSPS) is 29.1. The number of rotatable bonds is 2. The lowest BCUT2D eigenvalue weighted by molar-refractivity contribution is 0.297. The molecule has 1 aromatic carbocycles. The molecule has 3 heteroatoms. The summed E-state index contributed by atoms with van der Waals surface area (Å²) in [5.41, 5.74) is 6.84. The van der Waals surface area contributed by atoms with Gasteiger partial charge >= 0.3 is 0 Å². The van der Waals surface area contributed by atoms with Crippen LogP contribution in [-0.4, -0.2) is 13.2 Å². The van der Waals surface area contributed by atoms with Gasteiger partial charge in [0.15, 0.2) is 11.6 Å².